The number of hydrogen-bond acceptors (Lipinski definition) is 6. The van der Waals surface area contributed by atoms with Crippen molar-refractivity contribution in [3.05, 3.63) is 90.0 Å². The van der Waals surface area contributed by atoms with Gasteiger partial charge >= 0.3 is 0 Å². The van der Waals surface area contributed by atoms with Crippen LogP contribution in [0.5, 0.6) is 11.5 Å². The number of allylic oxidation sites excluding steroid dienone is 2. The van der Waals surface area contributed by atoms with E-state index in [1.807, 2.05) is 0 Å². The van der Waals surface area contributed by atoms with Gasteiger partial charge in [0.2, 0.25) is 17.6 Å². The number of aromatic hydroxyl groups is 1. The summed E-state index contributed by atoms with van der Waals surface area (Å²) in [5.41, 5.74) is -1.39. The van der Waals surface area contributed by atoms with Gasteiger partial charge in [-0.05, 0) is 86.5 Å². The zero-order chi connectivity index (χ0) is 37.2. The lowest BCUT2D eigenvalue weighted by Crippen LogP contribution is -2.60. The zero-order valence-electron chi connectivity index (χ0n) is 25.4. The molecule has 18 heteroatoms. The summed E-state index contributed by atoms with van der Waals surface area (Å²) < 4.78 is 79.7. The standard InChI is InChI=1S/C33H18Br3Cl2F5N2O6/c1-51-16-8-14(19(35)20(36)27(16)46)18-12-6-7-13-17(29(48)44(28(13)47)11-4-2-10(34)3-5-11)15(12)9-32(37)30(49)45(31(50)33(18,32)38)26-24(42)22(40)21(39)23(41)25(26)43/h2-6,8,13,15,17-18,46H,7,9H2,1H3. The number of fused-ring (bicyclic) bond motifs is 4. The second-order valence-corrected chi connectivity index (χ2v) is 16.1. The number of nitrogens with zero attached hydrogens (tertiary/aromatic N) is 2. The fourth-order valence-corrected chi connectivity index (χ4v) is 9.88. The van der Waals surface area contributed by atoms with E-state index in [9.17, 15) is 37.5 Å². The molecule has 4 amide bonds. The number of carbonyl (C=O) groups is 4. The molecule has 6 atom stereocenters. The molecule has 51 heavy (non-hydrogen) atoms. The Bertz CT molecular complexity index is 2150. The molecule has 1 saturated carbocycles. The molecule has 2 aliphatic heterocycles. The van der Waals surface area contributed by atoms with Crippen LogP contribution in [0.15, 0.2) is 55.4 Å². The molecule has 3 aromatic rings. The second kappa shape index (κ2) is 12.3. The molecule has 0 radical (unpaired) electrons. The highest BCUT2D eigenvalue weighted by atomic mass is 79.9. The highest BCUT2D eigenvalue weighted by molar-refractivity contribution is 9.13. The maximum absolute atomic E-state index is 15.3. The van der Waals surface area contributed by atoms with Gasteiger partial charge in [0.25, 0.3) is 11.8 Å². The van der Waals surface area contributed by atoms with Crippen LogP contribution in [0, 0.1) is 46.8 Å². The fraction of sp³-hybridized carbons (Fsp3) is 0.273. The number of hydrogen-bond donors (Lipinski definition) is 1. The van der Waals surface area contributed by atoms with Gasteiger partial charge in [0.15, 0.2) is 44.5 Å². The molecule has 6 unspecified atom stereocenters. The molecule has 8 nitrogen and oxygen atoms in total. The van der Waals surface area contributed by atoms with Crippen LogP contribution < -0.4 is 14.5 Å². The number of ether oxygens (including phenoxy) is 1. The summed E-state index contributed by atoms with van der Waals surface area (Å²) in [6.45, 7) is 0. The number of imide groups is 2. The number of amides is 4. The molecule has 0 bridgehead atoms. The van der Waals surface area contributed by atoms with E-state index in [4.69, 9.17) is 27.9 Å². The number of benzene rings is 3. The molecule has 2 saturated heterocycles. The van der Waals surface area contributed by atoms with Crippen LogP contribution >= 0.6 is 71.0 Å². The van der Waals surface area contributed by atoms with Crippen molar-refractivity contribution in [1.82, 2.24) is 0 Å². The lowest BCUT2D eigenvalue weighted by Gasteiger charge is -2.51. The van der Waals surface area contributed by atoms with Gasteiger partial charge in [-0.25, -0.2) is 26.9 Å². The van der Waals surface area contributed by atoms with Gasteiger partial charge in [0.1, 0.15) is 5.69 Å². The number of rotatable bonds is 4. The summed E-state index contributed by atoms with van der Waals surface area (Å²) in [7, 11) is 1.21. The first-order valence-electron chi connectivity index (χ1n) is 14.8. The Balaban J connectivity index is 1.47. The highest BCUT2D eigenvalue weighted by Crippen LogP contribution is 2.67. The zero-order valence-corrected chi connectivity index (χ0v) is 31.6. The van der Waals surface area contributed by atoms with Crippen LogP contribution in [0.2, 0.25) is 0 Å². The summed E-state index contributed by atoms with van der Waals surface area (Å²) in [5.74, 6) is -22.3. The number of carbonyl (C=O) groups excluding carboxylic acids is 4. The number of phenolic OH excluding ortho intramolecular Hbond substituents is 1. The van der Waals surface area contributed by atoms with Crippen molar-refractivity contribution in [1.29, 1.82) is 0 Å². The summed E-state index contributed by atoms with van der Waals surface area (Å²) in [6, 6.07) is 7.58. The van der Waals surface area contributed by atoms with Gasteiger partial charge in [0, 0.05) is 14.9 Å². The van der Waals surface area contributed by atoms with E-state index in [2.05, 4.69) is 47.8 Å². The number of phenols is 1. The van der Waals surface area contributed by atoms with Crippen molar-refractivity contribution in [3.8, 4) is 11.5 Å². The molecule has 7 rings (SSSR count). The molecule has 3 aromatic carbocycles. The van der Waals surface area contributed by atoms with Crippen molar-refractivity contribution in [2.75, 3.05) is 16.9 Å². The van der Waals surface area contributed by atoms with E-state index in [1.165, 1.54) is 13.2 Å². The minimum atomic E-state index is -2.76. The number of halogens is 10. The van der Waals surface area contributed by atoms with Crippen molar-refractivity contribution in [2.24, 2.45) is 17.8 Å². The first-order chi connectivity index (χ1) is 23.9. The van der Waals surface area contributed by atoms with Crippen LogP contribution in [-0.2, 0) is 19.2 Å². The Morgan fingerprint density at radius 1 is 0.824 bits per heavy atom. The van der Waals surface area contributed by atoms with Gasteiger partial charge < -0.3 is 9.84 Å². The Labute approximate surface area is 319 Å². The van der Waals surface area contributed by atoms with Gasteiger partial charge in [-0.2, -0.15) is 0 Å². The quantitative estimate of drug-likeness (QED) is 0.0708. The molecule has 0 spiro atoms. The lowest BCUT2D eigenvalue weighted by atomic mass is 9.56. The van der Waals surface area contributed by atoms with Gasteiger partial charge in [0.05, 0.1) is 29.1 Å². The minimum Gasteiger partial charge on any atom is -0.503 e. The van der Waals surface area contributed by atoms with Crippen LogP contribution in [0.3, 0.4) is 0 Å². The van der Waals surface area contributed by atoms with Gasteiger partial charge in [-0.3, -0.25) is 24.1 Å². The molecule has 0 aromatic heterocycles. The van der Waals surface area contributed by atoms with Crippen LogP contribution in [0.1, 0.15) is 24.3 Å². The Morgan fingerprint density at radius 3 is 2.00 bits per heavy atom. The SMILES string of the molecule is COc1cc(C2C3=CCC4C(=O)N(c5ccc(Br)cc5)C(=O)C4C3CC3(Cl)C(=O)N(c4c(F)c(F)c(F)c(F)c4F)C(=O)C23Cl)c(Br)c(Br)c1O. The van der Waals surface area contributed by atoms with E-state index >= 15 is 8.78 Å². The largest absolute Gasteiger partial charge is 0.503 e. The normalized spacial score (nSPS) is 28.6. The Hall–Kier alpha value is -3.05. The Kier molecular flexibility index (Phi) is 8.72. The summed E-state index contributed by atoms with van der Waals surface area (Å²) >= 11 is 24.3. The third-order valence-corrected chi connectivity index (χ3v) is 14.1. The lowest BCUT2D eigenvalue weighted by molar-refractivity contribution is -0.125. The molecule has 4 aliphatic rings. The first kappa shape index (κ1) is 36.3. The number of methoxy groups -OCH3 is 1. The second-order valence-electron chi connectivity index (χ2n) is 12.3. The fourth-order valence-electron chi connectivity index (χ4n) is 7.73. The molecule has 266 valence electrons. The summed E-state index contributed by atoms with van der Waals surface area (Å²) in [4.78, 5) is 52.2. The molecular formula is C33H18Br3Cl2F5N2O6. The molecular weight excluding hydrogens is 926 g/mol. The number of alkyl halides is 2. The van der Waals surface area contributed by atoms with Crippen molar-refractivity contribution in [3.63, 3.8) is 0 Å². The van der Waals surface area contributed by atoms with Crippen molar-refractivity contribution < 1.29 is 51.0 Å². The number of anilines is 2. The summed E-state index contributed by atoms with van der Waals surface area (Å²) in [6.07, 6.45) is 0.843. The predicted molar refractivity (Wildman–Crippen MR) is 183 cm³/mol. The van der Waals surface area contributed by atoms with Crippen LogP contribution in [-0.4, -0.2) is 45.6 Å². The average molecular weight is 944 g/mol. The monoisotopic (exact) mass is 940 g/mol. The third-order valence-electron chi connectivity index (χ3n) is 10.0. The Morgan fingerprint density at radius 2 is 1.41 bits per heavy atom. The van der Waals surface area contributed by atoms with E-state index in [0.29, 0.717) is 4.47 Å². The van der Waals surface area contributed by atoms with Crippen LogP contribution in [0.4, 0.5) is 33.3 Å². The minimum absolute atomic E-state index is 0.0179. The highest BCUT2D eigenvalue weighted by Gasteiger charge is 2.77. The molecule has 2 heterocycles. The average Bonchev–Trinajstić information content (AvgIpc) is 3.44. The molecule has 1 N–H and O–H groups in total. The van der Waals surface area contributed by atoms with Gasteiger partial charge in [-0.1, -0.05) is 27.6 Å². The van der Waals surface area contributed by atoms with E-state index in [1.54, 1.807) is 30.3 Å². The third kappa shape index (κ3) is 4.71. The smallest absolute Gasteiger partial charge is 0.258 e. The predicted octanol–water partition coefficient (Wildman–Crippen LogP) is 8.15. The van der Waals surface area contributed by atoms with E-state index in [0.717, 1.165) is 4.90 Å². The van der Waals surface area contributed by atoms with Crippen LogP contribution in [0.25, 0.3) is 0 Å². The van der Waals surface area contributed by atoms with E-state index < -0.39 is 104 Å². The van der Waals surface area contributed by atoms with Crippen molar-refractivity contribution in [2.45, 2.75) is 28.5 Å². The maximum Gasteiger partial charge on any atom is 0.258 e. The maximum atomic E-state index is 15.3. The molecule has 2 aliphatic carbocycles. The first-order valence-corrected chi connectivity index (χ1v) is 17.9. The topological polar surface area (TPSA) is 104 Å². The van der Waals surface area contributed by atoms with Crippen molar-refractivity contribution >= 4 is 106 Å². The molecule has 3 fully saturated rings. The van der Waals surface area contributed by atoms with E-state index in [-0.39, 0.29) is 42.8 Å². The summed E-state index contributed by atoms with van der Waals surface area (Å²) in [5, 5.41) is 10.7. The van der Waals surface area contributed by atoms with Gasteiger partial charge in [-0.15, -0.1) is 23.2 Å².